The van der Waals surface area contributed by atoms with Crippen molar-refractivity contribution in [1.29, 1.82) is 0 Å². The van der Waals surface area contributed by atoms with Crippen LogP contribution in [-0.2, 0) is 0 Å². The lowest BCUT2D eigenvalue weighted by Crippen LogP contribution is -2.21. The molecule has 0 aromatic heterocycles. The number of aliphatic hydroxyl groups is 2. The highest BCUT2D eigenvalue weighted by Gasteiger charge is 2.32. The largest absolute Gasteiger partial charge is 0.573 e. The Morgan fingerprint density at radius 2 is 2.05 bits per heavy atom. The highest BCUT2D eigenvalue weighted by atomic mass is 19.4. The minimum atomic E-state index is -4.92. The summed E-state index contributed by atoms with van der Waals surface area (Å²) in [6.45, 7) is -0.0599. The molecule has 0 bridgehead atoms. The van der Waals surface area contributed by atoms with E-state index in [1.165, 1.54) is 6.07 Å². The van der Waals surface area contributed by atoms with Gasteiger partial charge in [-0.3, -0.25) is 0 Å². The molecule has 0 radical (unpaired) electrons. The Hall–Kier alpha value is -2.16. The van der Waals surface area contributed by atoms with Crippen LogP contribution in [0.3, 0.4) is 0 Å². The van der Waals surface area contributed by atoms with Gasteiger partial charge in [0.1, 0.15) is 6.10 Å². The second kappa shape index (κ2) is 7.02. The Labute approximate surface area is 117 Å². The van der Waals surface area contributed by atoms with Gasteiger partial charge in [-0.05, 0) is 29.6 Å². The average Bonchev–Trinajstić information content (AvgIpc) is 2.39. The minimum Gasteiger partial charge on any atom is -0.404 e. The summed E-state index contributed by atoms with van der Waals surface area (Å²) >= 11 is 0. The first kappa shape index (κ1) is 16.9. The molecule has 1 rings (SSSR count). The highest BCUT2D eigenvalue weighted by Crippen LogP contribution is 2.32. The van der Waals surface area contributed by atoms with Gasteiger partial charge in [0.15, 0.2) is 5.75 Å². The zero-order valence-corrected chi connectivity index (χ0v) is 10.7. The molecule has 116 valence electrons. The van der Waals surface area contributed by atoms with Crippen LogP contribution in [-0.4, -0.2) is 29.2 Å². The summed E-state index contributed by atoms with van der Waals surface area (Å²) in [6, 6.07) is 3.28. The van der Waals surface area contributed by atoms with Gasteiger partial charge in [-0.15, -0.1) is 13.2 Å². The molecule has 0 spiro atoms. The molecule has 21 heavy (non-hydrogen) atoms. The summed E-state index contributed by atoms with van der Waals surface area (Å²) in [5.74, 6) is -0.665. The van der Waals surface area contributed by atoms with Gasteiger partial charge in [0.05, 0.1) is 11.8 Å². The molecule has 0 aliphatic carbocycles. The van der Waals surface area contributed by atoms with Gasteiger partial charge in [0, 0.05) is 11.5 Å². The fraction of sp³-hybridized carbons (Fsp3) is 0.455. The fourth-order valence-electron chi connectivity index (χ4n) is 1.56. The van der Waals surface area contributed by atoms with Crippen LogP contribution < -0.4 is 10.5 Å². The van der Waals surface area contributed by atoms with E-state index in [9.17, 15) is 23.4 Å². The van der Waals surface area contributed by atoms with E-state index in [0.717, 1.165) is 12.1 Å². The van der Waals surface area contributed by atoms with E-state index in [1.54, 1.807) is 0 Å². The van der Waals surface area contributed by atoms with E-state index < -0.39 is 24.3 Å². The number of aliphatic hydroxyl groups excluding tert-OH is 2. The Morgan fingerprint density at radius 1 is 1.38 bits per heavy atom. The fourth-order valence-corrected chi connectivity index (χ4v) is 1.56. The van der Waals surface area contributed by atoms with Crippen LogP contribution in [0.25, 0.3) is 10.4 Å². The quantitative estimate of drug-likeness (QED) is 0.322. The molecule has 7 nitrogen and oxygen atoms in total. The van der Waals surface area contributed by atoms with Crippen LogP contribution in [0.5, 0.6) is 5.75 Å². The predicted molar refractivity (Wildman–Crippen MR) is 67.1 cm³/mol. The summed E-state index contributed by atoms with van der Waals surface area (Å²) < 4.78 is 40.3. The van der Waals surface area contributed by atoms with Crippen molar-refractivity contribution in [2.75, 3.05) is 12.3 Å². The van der Waals surface area contributed by atoms with Crippen LogP contribution >= 0.6 is 0 Å². The van der Waals surface area contributed by atoms with Crippen molar-refractivity contribution in [3.63, 3.8) is 0 Å². The molecule has 0 saturated heterocycles. The molecule has 2 unspecified atom stereocenters. The number of nitrogens with two attached hydrogens (primary N) is 1. The molecule has 0 aliphatic heterocycles. The van der Waals surface area contributed by atoms with E-state index in [4.69, 9.17) is 11.3 Å². The first-order valence-electron chi connectivity index (χ1n) is 5.76. The van der Waals surface area contributed by atoms with Gasteiger partial charge in [-0.25, -0.2) is 0 Å². The third-order valence-corrected chi connectivity index (χ3v) is 2.56. The number of alkyl halides is 3. The van der Waals surface area contributed by atoms with Crippen molar-refractivity contribution >= 4 is 5.69 Å². The molecular formula is C11H13F3N4O3. The van der Waals surface area contributed by atoms with Gasteiger partial charge >= 0.3 is 6.36 Å². The van der Waals surface area contributed by atoms with E-state index >= 15 is 0 Å². The van der Waals surface area contributed by atoms with Crippen LogP contribution in [0.2, 0.25) is 0 Å². The zero-order valence-electron chi connectivity index (χ0n) is 10.7. The molecule has 4 N–H and O–H groups in total. The average molecular weight is 306 g/mol. The zero-order chi connectivity index (χ0) is 16.0. The Balaban J connectivity index is 2.87. The minimum absolute atomic E-state index is 0.00288. The Kier molecular flexibility index (Phi) is 5.65. The molecule has 0 fully saturated rings. The Morgan fingerprint density at radius 3 is 2.62 bits per heavy atom. The van der Waals surface area contributed by atoms with Crippen molar-refractivity contribution in [2.24, 2.45) is 5.11 Å². The third-order valence-electron chi connectivity index (χ3n) is 2.56. The lowest BCUT2D eigenvalue weighted by molar-refractivity contribution is -0.274. The number of nitrogen functional groups attached to an aromatic ring is 1. The molecule has 2 atom stereocenters. The third kappa shape index (κ3) is 5.38. The van der Waals surface area contributed by atoms with Gasteiger partial charge in [-0.1, -0.05) is 11.2 Å². The van der Waals surface area contributed by atoms with Gasteiger partial charge in [0.25, 0.3) is 0 Å². The summed E-state index contributed by atoms with van der Waals surface area (Å²) in [6.07, 6.45) is -7.74. The van der Waals surface area contributed by atoms with Crippen LogP contribution in [0, 0.1) is 0 Å². The second-order valence-corrected chi connectivity index (χ2v) is 4.10. The van der Waals surface area contributed by atoms with Crippen molar-refractivity contribution in [2.45, 2.75) is 25.0 Å². The van der Waals surface area contributed by atoms with Gasteiger partial charge in [-0.2, -0.15) is 0 Å². The van der Waals surface area contributed by atoms with Gasteiger partial charge in [0.2, 0.25) is 0 Å². The molecule has 1 aromatic carbocycles. The standard InChI is InChI=1S/C11H13F3N4O3/c12-11(13,14)21-9-5-6(1-2-7(9)15)10(20)8(19)3-4-17-18-16/h1-2,5,8,10,19-20H,3-4,15H2. The van der Waals surface area contributed by atoms with Crippen molar-refractivity contribution in [3.05, 3.63) is 34.2 Å². The summed E-state index contributed by atoms with van der Waals surface area (Å²) in [5, 5.41) is 22.7. The maximum Gasteiger partial charge on any atom is 0.573 e. The number of hydrogen-bond donors (Lipinski definition) is 3. The number of anilines is 1. The molecule has 0 saturated carbocycles. The maximum absolute atomic E-state index is 12.2. The number of hydrogen-bond acceptors (Lipinski definition) is 5. The van der Waals surface area contributed by atoms with E-state index in [2.05, 4.69) is 14.8 Å². The molecular weight excluding hydrogens is 293 g/mol. The number of nitrogens with zero attached hydrogens (tertiary/aromatic N) is 3. The SMILES string of the molecule is [N-]=[N+]=NCCC(O)C(O)c1ccc(N)c(OC(F)(F)F)c1. The normalized spacial score (nSPS) is 14.1. The van der Waals surface area contributed by atoms with Crippen molar-refractivity contribution in [1.82, 2.24) is 0 Å². The van der Waals surface area contributed by atoms with Crippen LogP contribution in [0.4, 0.5) is 18.9 Å². The number of benzene rings is 1. The number of ether oxygens (including phenoxy) is 1. The van der Waals surface area contributed by atoms with Crippen LogP contribution in [0.15, 0.2) is 23.3 Å². The number of azide groups is 1. The van der Waals surface area contributed by atoms with E-state index in [1.807, 2.05) is 0 Å². The first-order valence-corrected chi connectivity index (χ1v) is 5.76. The van der Waals surface area contributed by atoms with Crippen molar-refractivity contribution in [3.8, 4) is 5.75 Å². The Bertz CT molecular complexity index is 532. The smallest absolute Gasteiger partial charge is 0.404 e. The second-order valence-electron chi connectivity index (χ2n) is 4.10. The lowest BCUT2D eigenvalue weighted by Gasteiger charge is -2.19. The van der Waals surface area contributed by atoms with Crippen LogP contribution in [0.1, 0.15) is 18.1 Å². The number of halogens is 3. The highest BCUT2D eigenvalue weighted by molar-refractivity contribution is 5.54. The van der Waals surface area contributed by atoms with E-state index in [-0.39, 0.29) is 24.2 Å². The van der Waals surface area contributed by atoms with Gasteiger partial charge < -0.3 is 20.7 Å². The molecule has 0 heterocycles. The summed E-state index contributed by atoms with van der Waals surface area (Å²) in [7, 11) is 0. The monoisotopic (exact) mass is 306 g/mol. The maximum atomic E-state index is 12.2. The predicted octanol–water partition coefficient (Wildman–Crippen LogP) is 2.26. The molecule has 1 aromatic rings. The molecule has 0 aliphatic rings. The van der Waals surface area contributed by atoms with E-state index in [0.29, 0.717) is 0 Å². The number of rotatable bonds is 6. The van der Waals surface area contributed by atoms with Crippen molar-refractivity contribution < 1.29 is 28.1 Å². The lowest BCUT2D eigenvalue weighted by atomic mass is 10.0. The summed E-state index contributed by atoms with van der Waals surface area (Å²) in [5.41, 5.74) is 13.2. The topological polar surface area (TPSA) is 124 Å². The molecule has 0 amide bonds. The molecule has 10 heteroatoms. The first-order chi connectivity index (χ1) is 9.74. The summed E-state index contributed by atoms with van der Waals surface area (Å²) in [4.78, 5) is 2.48.